The maximum atomic E-state index is 12.7. The summed E-state index contributed by atoms with van der Waals surface area (Å²) in [6.45, 7) is 4.48. The normalized spacial score (nSPS) is 16.3. The summed E-state index contributed by atoms with van der Waals surface area (Å²) in [6.07, 6.45) is 0.300. The number of aromatic nitrogens is 2. The van der Waals surface area contributed by atoms with Crippen LogP contribution in [0.2, 0.25) is 0 Å². The lowest BCUT2D eigenvalue weighted by Crippen LogP contribution is -2.24. The van der Waals surface area contributed by atoms with Crippen LogP contribution >= 0.6 is 0 Å². The molecule has 0 N–H and O–H groups in total. The van der Waals surface area contributed by atoms with Crippen LogP contribution < -0.4 is 14.4 Å². The lowest BCUT2D eigenvalue weighted by molar-refractivity contribution is -0.117. The van der Waals surface area contributed by atoms with Crippen molar-refractivity contribution in [2.75, 3.05) is 25.7 Å². The second-order valence-corrected chi connectivity index (χ2v) is 7.22. The van der Waals surface area contributed by atoms with Crippen molar-refractivity contribution in [1.82, 2.24) is 10.1 Å². The first-order valence-electron chi connectivity index (χ1n) is 9.43. The number of ether oxygens (including phenoxy) is 2. The Labute approximate surface area is 169 Å². The molecule has 0 saturated carbocycles. The molecular formula is C22H23N3O4. The fourth-order valence-corrected chi connectivity index (χ4v) is 3.60. The quantitative estimate of drug-likeness (QED) is 0.654. The van der Waals surface area contributed by atoms with Gasteiger partial charge in [-0.1, -0.05) is 22.9 Å². The molecule has 1 aliphatic rings. The van der Waals surface area contributed by atoms with Gasteiger partial charge in [0.25, 0.3) is 0 Å². The van der Waals surface area contributed by atoms with E-state index in [4.69, 9.17) is 14.0 Å². The predicted molar refractivity (Wildman–Crippen MR) is 108 cm³/mol. The molecule has 1 atom stereocenters. The van der Waals surface area contributed by atoms with Gasteiger partial charge in [0.1, 0.15) is 11.5 Å². The Hall–Kier alpha value is -3.35. The molecule has 1 unspecified atom stereocenters. The maximum Gasteiger partial charge on any atom is 0.232 e. The van der Waals surface area contributed by atoms with Crippen LogP contribution in [0, 0.1) is 13.8 Å². The van der Waals surface area contributed by atoms with Crippen LogP contribution in [0.5, 0.6) is 11.5 Å². The SMILES string of the molecule is COc1ccc(OC)c(N2CC(c3nc(-c4cc(C)ccc4C)no3)CC2=O)c1. The van der Waals surface area contributed by atoms with Gasteiger partial charge >= 0.3 is 0 Å². The molecule has 2 aromatic carbocycles. The van der Waals surface area contributed by atoms with Crippen molar-refractivity contribution in [2.45, 2.75) is 26.2 Å². The van der Waals surface area contributed by atoms with Gasteiger partial charge in [-0.2, -0.15) is 4.98 Å². The Bertz CT molecular complexity index is 1060. The Balaban J connectivity index is 1.61. The zero-order chi connectivity index (χ0) is 20.5. The van der Waals surface area contributed by atoms with Gasteiger partial charge in [0.15, 0.2) is 0 Å². The van der Waals surface area contributed by atoms with E-state index in [1.54, 1.807) is 37.3 Å². The van der Waals surface area contributed by atoms with Crippen LogP contribution in [0.25, 0.3) is 11.4 Å². The molecule has 3 aromatic rings. The lowest BCUT2D eigenvalue weighted by Gasteiger charge is -2.20. The monoisotopic (exact) mass is 393 g/mol. The summed E-state index contributed by atoms with van der Waals surface area (Å²) in [5.74, 6) is 2.09. The number of carbonyl (C=O) groups is 1. The first-order valence-corrected chi connectivity index (χ1v) is 9.43. The number of rotatable bonds is 5. The van der Waals surface area contributed by atoms with Crippen molar-refractivity contribution in [1.29, 1.82) is 0 Å². The third-order valence-electron chi connectivity index (χ3n) is 5.23. The number of hydrogen-bond acceptors (Lipinski definition) is 6. The number of hydrogen-bond donors (Lipinski definition) is 0. The van der Waals surface area contributed by atoms with E-state index in [2.05, 4.69) is 16.2 Å². The molecule has 0 radical (unpaired) electrons. The summed E-state index contributed by atoms with van der Waals surface area (Å²) in [6, 6.07) is 11.5. The highest BCUT2D eigenvalue weighted by Crippen LogP contribution is 2.38. The average Bonchev–Trinajstić information content (AvgIpc) is 3.36. The molecule has 150 valence electrons. The topological polar surface area (TPSA) is 77.7 Å². The third kappa shape index (κ3) is 3.55. The van der Waals surface area contributed by atoms with E-state index in [0.29, 0.717) is 41.9 Å². The summed E-state index contributed by atoms with van der Waals surface area (Å²) >= 11 is 0. The molecule has 7 nitrogen and oxygen atoms in total. The summed E-state index contributed by atoms with van der Waals surface area (Å²) in [5, 5.41) is 4.16. The highest BCUT2D eigenvalue weighted by atomic mass is 16.5. The van der Waals surface area contributed by atoms with E-state index in [1.165, 1.54) is 0 Å². The van der Waals surface area contributed by atoms with Crippen molar-refractivity contribution in [3.05, 3.63) is 53.4 Å². The van der Waals surface area contributed by atoms with E-state index in [9.17, 15) is 4.79 Å². The molecule has 29 heavy (non-hydrogen) atoms. The number of carbonyl (C=O) groups excluding carboxylic acids is 1. The molecule has 1 saturated heterocycles. The van der Waals surface area contributed by atoms with E-state index in [0.717, 1.165) is 16.7 Å². The minimum absolute atomic E-state index is 0.0203. The minimum atomic E-state index is -0.176. The lowest BCUT2D eigenvalue weighted by atomic mass is 10.1. The van der Waals surface area contributed by atoms with Gasteiger partial charge in [-0.25, -0.2) is 0 Å². The van der Waals surface area contributed by atoms with Crippen molar-refractivity contribution >= 4 is 11.6 Å². The van der Waals surface area contributed by atoms with Crippen molar-refractivity contribution < 1.29 is 18.8 Å². The van der Waals surface area contributed by atoms with Gasteiger partial charge < -0.3 is 18.9 Å². The number of methoxy groups -OCH3 is 2. The molecule has 0 aliphatic carbocycles. The summed E-state index contributed by atoms with van der Waals surface area (Å²) in [7, 11) is 3.17. The van der Waals surface area contributed by atoms with Crippen LogP contribution in [-0.2, 0) is 4.79 Å². The maximum absolute atomic E-state index is 12.7. The van der Waals surface area contributed by atoms with Crippen LogP contribution in [0.4, 0.5) is 5.69 Å². The standard InChI is InChI=1S/C22H23N3O4/c1-13-5-6-14(2)17(9-13)21-23-22(29-24-21)15-10-20(26)25(12-15)18-11-16(27-3)7-8-19(18)28-4/h5-9,11,15H,10,12H2,1-4H3. The van der Waals surface area contributed by atoms with Crippen LogP contribution in [-0.4, -0.2) is 36.8 Å². The smallest absolute Gasteiger partial charge is 0.232 e. The van der Waals surface area contributed by atoms with Crippen LogP contribution in [0.1, 0.15) is 29.4 Å². The fraction of sp³-hybridized carbons (Fsp3) is 0.318. The minimum Gasteiger partial charge on any atom is -0.497 e. The summed E-state index contributed by atoms with van der Waals surface area (Å²) in [5.41, 5.74) is 3.82. The zero-order valence-electron chi connectivity index (χ0n) is 16.9. The molecule has 1 fully saturated rings. The van der Waals surface area contributed by atoms with Gasteiger partial charge in [0, 0.05) is 24.6 Å². The number of benzene rings is 2. The summed E-state index contributed by atoms with van der Waals surface area (Å²) < 4.78 is 16.3. The molecule has 1 aliphatic heterocycles. The van der Waals surface area contributed by atoms with E-state index in [-0.39, 0.29) is 11.8 Å². The Morgan fingerprint density at radius 3 is 2.69 bits per heavy atom. The number of amides is 1. The van der Waals surface area contributed by atoms with Gasteiger partial charge in [-0.3, -0.25) is 4.79 Å². The Morgan fingerprint density at radius 1 is 1.10 bits per heavy atom. The highest BCUT2D eigenvalue weighted by molar-refractivity contribution is 5.98. The van der Waals surface area contributed by atoms with Crippen LogP contribution in [0.3, 0.4) is 0 Å². The molecule has 0 bridgehead atoms. The number of nitrogens with zero attached hydrogens (tertiary/aromatic N) is 3. The predicted octanol–water partition coefficient (Wildman–Crippen LogP) is 3.89. The Kier molecular flexibility index (Phi) is 4.96. The summed E-state index contributed by atoms with van der Waals surface area (Å²) in [4.78, 5) is 19.0. The molecule has 4 rings (SSSR count). The first kappa shape index (κ1) is 19.0. The molecule has 1 aromatic heterocycles. The second-order valence-electron chi connectivity index (χ2n) is 7.22. The highest BCUT2D eigenvalue weighted by Gasteiger charge is 2.36. The van der Waals surface area contributed by atoms with Crippen molar-refractivity contribution in [2.24, 2.45) is 0 Å². The second kappa shape index (κ2) is 7.58. The Morgan fingerprint density at radius 2 is 1.93 bits per heavy atom. The molecule has 1 amide bonds. The third-order valence-corrected chi connectivity index (χ3v) is 5.23. The fourth-order valence-electron chi connectivity index (χ4n) is 3.60. The van der Waals surface area contributed by atoms with Gasteiger partial charge in [0.2, 0.25) is 17.6 Å². The van der Waals surface area contributed by atoms with Gasteiger partial charge in [-0.15, -0.1) is 0 Å². The van der Waals surface area contributed by atoms with Gasteiger partial charge in [-0.05, 0) is 37.6 Å². The van der Waals surface area contributed by atoms with E-state index in [1.807, 2.05) is 26.0 Å². The number of anilines is 1. The molecular weight excluding hydrogens is 370 g/mol. The molecule has 7 heteroatoms. The average molecular weight is 393 g/mol. The molecule has 0 spiro atoms. The zero-order valence-corrected chi connectivity index (χ0v) is 16.9. The van der Waals surface area contributed by atoms with E-state index < -0.39 is 0 Å². The van der Waals surface area contributed by atoms with Gasteiger partial charge in [0.05, 0.1) is 25.8 Å². The van der Waals surface area contributed by atoms with Crippen molar-refractivity contribution in [3.63, 3.8) is 0 Å². The van der Waals surface area contributed by atoms with Crippen LogP contribution in [0.15, 0.2) is 40.9 Å². The largest absolute Gasteiger partial charge is 0.497 e. The van der Waals surface area contributed by atoms with Crippen molar-refractivity contribution in [3.8, 4) is 22.9 Å². The van der Waals surface area contributed by atoms with E-state index >= 15 is 0 Å². The first-order chi connectivity index (χ1) is 14.0. The molecule has 2 heterocycles. The number of aryl methyl sites for hydroxylation is 2.